The van der Waals surface area contributed by atoms with Crippen LogP contribution >= 0.6 is 38.4 Å². The zero-order chi connectivity index (χ0) is 27.7. The largest absolute Gasteiger partial charge is 0.369 e. The Morgan fingerprint density at radius 2 is 1.51 bits per heavy atom. The SMILES string of the molecule is O=C(CCCc1ccc(N(CCCl)CCCl)cc1)NC1(CCC(O)(P(=O)(O)O)P(=O)(O)O)CCCCC1. The molecule has 1 aliphatic carbocycles. The van der Waals surface area contributed by atoms with Crippen LogP contribution in [0.3, 0.4) is 0 Å². The lowest BCUT2D eigenvalue weighted by Gasteiger charge is -2.40. The molecule has 0 atom stereocenters. The van der Waals surface area contributed by atoms with E-state index in [4.69, 9.17) is 23.2 Å². The number of hydrogen-bond donors (Lipinski definition) is 6. The van der Waals surface area contributed by atoms with Crippen molar-refractivity contribution in [2.75, 3.05) is 29.7 Å². The molecule has 0 bridgehead atoms. The summed E-state index contributed by atoms with van der Waals surface area (Å²) in [4.78, 5) is 52.7. The summed E-state index contributed by atoms with van der Waals surface area (Å²) in [7, 11) is -11.1. The van der Waals surface area contributed by atoms with Crippen molar-refractivity contribution in [2.45, 2.75) is 74.8 Å². The second-order valence-corrected chi connectivity index (χ2v) is 14.4. The summed E-state index contributed by atoms with van der Waals surface area (Å²) in [5, 5.41) is 9.77. The van der Waals surface area contributed by atoms with E-state index in [1.807, 2.05) is 24.3 Å². The lowest BCUT2D eigenvalue weighted by Crippen LogP contribution is -2.50. The van der Waals surface area contributed by atoms with Crippen LogP contribution in [-0.4, -0.2) is 66.1 Å². The second kappa shape index (κ2) is 14.1. The van der Waals surface area contributed by atoms with Crippen molar-refractivity contribution >= 4 is 50.0 Å². The average Bonchev–Trinajstić information content (AvgIpc) is 2.82. The monoisotopic (exact) mass is 602 g/mol. The van der Waals surface area contributed by atoms with Gasteiger partial charge in [0.25, 0.3) is 5.08 Å². The molecule has 0 heterocycles. The van der Waals surface area contributed by atoms with Crippen molar-refractivity contribution < 1.29 is 38.6 Å². The first-order valence-corrected chi connectivity index (χ1v) is 16.7. The number of nitrogens with zero attached hydrogens (tertiary/aromatic N) is 1. The van der Waals surface area contributed by atoms with Gasteiger partial charge in [0.2, 0.25) is 5.91 Å². The summed E-state index contributed by atoms with van der Waals surface area (Å²) >= 11 is 11.7. The molecule has 0 radical (unpaired) electrons. The Morgan fingerprint density at radius 3 is 2.00 bits per heavy atom. The van der Waals surface area contributed by atoms with Crippen LogP contribution in [0.4, 0.5) is 5.69 Å². The number of anilines is 1. The van der Waals surface area contributed by atoms with Crippen LogP contribution in [0.5, 0.6) is 0 Å². The first-order valence-electron chi connectivity index (χ1n) is 12.4. The highest BCUT2D eigenvalue weighted by atomic mass is 35.5. The molecule has 10 nitrogen and oxygen atoms in total. The molecule has 0 saturated heterocycles. The van der Waals surface area contributed by atoms with E-state index in [-0.39, 0.29) is 18.7 Å². The number of amides is 1. The molecule has 0 unspecified atom stereocenters. The molecule has 1 fully saturated rings. The highest BCUT2D eigenvalue weighted by molar-refractivity contribution is 7.72. The third-order valence-corrected chi connectivity index (χ3v) is 11.2. The Morgan fingerprint density at radius 1 is 0.973 bits per heavy atom. The average molecular weight is 603 g/mol. The van der Waals surface area contributed by atoms with Gasteiger partial charge in [0, 0.05) is 48.9 Å². The van der Waals surface area contributed by atoms with Crippen LogP contribution in [-0.2, 0) is 20.3 Å². The fourth-order valence-corrected chi connectivity index (χ4v) is 7.36. The molecular formula is C23H38Cl2N2O8P2. The van der Waals surface area contributed by atoms with Crippen LogP contribution in [0.1, 0.15) is 63.4 Å². The van der Waals surface area contributed by atoms with Crippen LogP contribution in [0.2, 0.25) is 0 Å². The smallest absolute Gasteiger partial charge is 0.369 e. The minimum absolute atomic E-state index is 0.159. The molecule has 0 spiro atoms. The molecule has 2 rings (SSSR count). The van der Waals surface area contributed by atoms with Gasteiger partial charge in [-0.05, 0) is 49.8 Å². The summed E-state index contributed by atoms with van der Waals surface area (Å²) < 4.78 is 23.5. The van der Waals surface area contributed by atoms with E-state index < -0.39 is 32.2 Å². The summed E-state index contributed by atoms with van der Waals surface area (Å²) in [6.07, 6.45) is 3.89. The van der Waals surface area contributed by atoms with Crippen molar-refractivity contribution in [3.8, 4) is 0 Å². The first-order chi connectivity index (χ1) is 17.3. The maximum atomic E-state index is 12.8. The number of rotatable bonds is 15. The van der Waals surface area contributed by atoms with Gasteiger partial charge >= 0.3 is 15.2 Å². The molecule has 1 aromatic carbocycles. The predicted molar refractivity (Wildman–Crippen MR) is 145 cm³/mol. The lowest BCUT2D eigenvalue weighted by molar-refractivity contribution is -0.123. The van der Waals surface area contributed by atoms with Crippen LogP contribution < -0.4 is 10.2 Å². The fourth-order valence-electron chi connectivity index (χ4n) is 4.79. The van der Waals surface area contributed by atoms with Crippen molar-refractivity contribution in [2.24, 2.45) is 0 Å². The summed E-state index contributed by atoms with van der Waals surface area (Å²) in [5.74, 6) is 0.741. The number of aliphatic hydroxyl groups is 1. The number of nitrogens with one attached hydrogen (secondary N) is 1. The van der Waals surface area contributed by atoms with E-state index in [2.05, 4.69) is 10.2 Å². The predicted octanol–water partition coefficient (Wildman–Crippen LogP) is 3.89. The molecule has 1 amide bonds. The van der Waals surface area contributed by atoms with Gasteiger partial charge in [0.1, 0.15) is 0 Å². The van der Waals surface area contributed by atoms with Gasteiger partial charge in [-0.25, -0.2) is 0 Å². The molecule has 14 heteroatoms. The second-order valence-electron chi connectivity index (χ2n) is 9.64. The number of benzene rings is 1. The molecule has 212 valence electrons. The van der Waals surface area contributed by atoms with E-state index in [1.165, 1.54) is 0 Å². The Labute approximate surface area is 228 Å². The van der Waals surface area contributed by atoms with Gasteiger partial charge in [-0.15, -0.1) is 23.2 Å². The normalized spacial score (nSPS) is 16.4. The minimum atomic E-state index is -5.55. The molecule has 1 saturated carbocycles. The molecule has 37 heavy (non-hydrogen) atoms. The molecule has 0 aromatic heterocycles. The van der Waals surface area contributed by atoms with Crippen LogP contribution in [0.25, 0.3) is 0 Å². The van der Waals surface area contributed by atoms with Gasteiger partial charge < -0.3 is 34.9 Å². The van der Waals surface area contributed by atoms with Gasteiger partial charge in [0.05, 0.1) is 0 Å². The number of halogens is 2. The molecule has 0 aliphatic heterocycles. The third kappa shape index (κ3) is 9.20. The molecule has 1 aromatic rings. The number of hydrogen-bond acceptors (Lipinski definition) is 5. The Bertz CT molecular complexity index is 936. The maximum absolute atomic E-state index is 12.8. The van der Waals surface area contributed by atoms with E-state index in [0.29, 0.717) is 50.5 Å². The molecule has 1 aliphatic rings. The van der Waals surface area contributed by atoms with Gasteiger partial charge in [0.15, 0.2) is 0 Å². The highest BCUT2D eigenvalue weighted by Gasteiger charge is 2.59. The van der Waals surface area contributed by atoms with E-state index in [0.717, 1.165) is 30.5 Å². The maximum Gasteiger partial charge on any atom is 0.369 e. The summed E-state index contributed by atoms with van der Waals surface area (Å²) in [6, 6.07) is 7.98. The first kappa shape index (κ1) is 32.5. The zero-order valence-corrected chi connectivity index (χ0v) is 24.1. The number of carbonyl (C=O) groups excluding carboxylic acids is 1. The quantitative estimate of drug-likeness (QED) is 0.129. The van der Waals surface area contributed by atoms with E-state index in [1.54, 1.807) is 0 Å². The number of alkyl halides is 2. The van der Waals surface area contributed by atoms with E-state index >= 15 is 0 Å². The Balaban J connectivity index is 1.97. The zero-order valence-electron chi connectivity index (χ0n) is 20.8. The van der Waals surface area contributed by atoms with E-state index in [9.17, 15) is 38.6 Å². The third-order valence-electron chi connectivity index (χ3n) is 6.97. The standard InChI is InChI=1S/C23H38Cl2N2O8P2/c24-15-17-27(18-16-25)20-9-7-19(8-10-20)5-4-6-21(28)26-22(11-2-1-3-12-22)13-14-23(29,36(30,31)32)37(33,34)35/h7-10,29H,1-6,11-18H2,(H,26,28)(H2,30,31,32)(H2,33,34,35). The number of carbonyl (C=O) groups is 1. The summed E-state index contributed by atoms with van der Waals surface area (Å²) in [5.41, 5.74) is 1.20. The van der Waals surface area contributed by atoms with Crippen LogP contribution in [0.15, 0.2) is 24.3 Å². The molecular weight excluding hydrogens is 565 g/mol. The molecule has 6 N–H and O–H groups in total. The number of aryl methyl sites for hydroxylation is 1. The topological polar surface area (TPSA) is 168 Å². The van der Waals surface area contributed by atoms with Gasteiger partial charge in [-0.1, -0.05) is 31.4 Å². The van der Waals surface area contributed by atoms with Crippen molar-refractivity contribution in [3.63, 3.8) is 0 Å². The summed E-state index contributed by atoms with van der Waals surface area (Å²) in [6.45, 7) is 1.38. The van der Waals surface area contributed by atoms with Gasteiger partial charge in [-0.2, -0.15) is 0 Å². The Kier molecular flexibility index (Phi) is 12.4. The highest BCUT2D eigenvalue weighted by Crippen LogP contribution is 2.69. The minimum Gasteiger partial charge on any atom is -0.369 e. The van der Waals surface area contributed by atoms with Crippen molar-refractivity contribution in [1.29, 1.82) is 0 Å². The fraction of sp³-hybridized carbons (Fsp3) is 0.696. The Hall–Kier alpha value is -0.670. The van der Waals surface area contributed by atoms with Crippen molar-refractivity contribution in [3.05, 3.63) is 29.8 Å². The van der Waals surface area contributed by atoms with Crippen molar-refractivity contribution in [1.82, 2.24) is 5.32 Å². The lowest BCUT2D eigenvalue weighted by atomic mass is 9.78. The van der Waals surface area contributed by atoms with Gasteiger partial charge in [-0.3, -0.25) is 13.9 Å². The van der Waals surface area contributed by atoms with Crippen LogP contribution in [0, 0.1) is 0 Å².